The number of carbonyl (C=O) groups is 1. The fraction of sp³-hybridized carbons (Fsp3) is 0.222. The smallest absolute Gasteiger partial charge is 0.341 e. The molecule has 82 valence electrons. The number of benzene rings is 1. The van der Waals surface area contributed by atoms with E-state index >= 15 is 0 Å². The SMILES string of the molecule is CCOC(=O)c1cc(F)c(F)c(Cl)c1F. The molecule has 1 rings (SSSR count). The average Bonchev–Trinajstić information content (AvgIpc) is 2.20. The molecule has 15 heavy (non-hydrogen) atoms. The molecule has 0 aromatic heterocycles. The highest BCUT2D eigenvalue weighted by Crippen LogP contribution is 2.25. The summed E-state index contributed by atoms with van der Waals surface area (Å²) in [5.74, 6) is -5.34. The number of halogens is 4. The molecule has 0 amide bonds. The molecule has 0 heterocycles. The Kier molecular flexibility index (Phi) is 3.57. The Hall–Kier alpha value is -1.23. The molecule has 6 heteroatoms. The normalized spacial score (nSPS) is 10.2. The molecule has 0 saturated carbocycles. The van der Waals surface area contributed by atoms with Crippen LogP contribution in [0.5, 0.6) is 0 Å². The number of esters is 1. The molecule has 2 nitrogen and oxygen atoms in total. The molecular formula is C9H6ClF3O2. The van der Waals surface area contributed by atoms with Gasteiger partial charge in [-0.25, -0.2) is 18.0 Å². The molecule has 0 N–H and O–H groups in total. The summed E-state index contributed by atoms with van der Waals surface area (Å²) < 4.78 is 43.1. The Morgan fingerprint density at radius 2 is 2.00 bits per heavy atom. The molecule has 0 aliphatic heterocycles. The molecular weight excluding hydrogens is 233 g/mol. The van der Waals surface area contributed by atoms with Crippen molar-refractivity contribution in [3.05, 3.63) is 34.1 Å². The van der Waals surface area contributed by atoms with Crippen molar-refractivity contribution in [1.82, 2.24) is 0 Å². The van der Waals surface area contributed by atoms with Gasteiger partial charge in [-0.3, -0.25) is 0 Å². The summed E-state index contributed by atoms with van der Waals surface area (Å²) in [6, 6.07) is 0.411. The third-order valence-corrected chi connectivity index (χ3v) is 1.93. The summed E-state index contributed by atoms with van der Waals surface area (Å²) in [6.45, 7) is 1.49. The summed E-state index contributed by atoms with van der Waals surface area (Å²) in [5, 5.41) is -1.06. The molecule has 0 aliphatic rings. The lowest BCUT2D eigenvalue weighted by Crippen LogP contribution is -2.09. The fourth-order valence-electron chi connectivity index (χ4n) is 0.930. The zero-order valence-electron chi connectivity index (χ0n) is 7.61. The van der Waals surface area contributed by atoms with Crippen molar-refractivity contribution < 1.29 is 22.7 Å². The highest BCUT2D eigenvalue weighted by atomic mass is 35.5. The maximum absolute atomic E-state index is 13.2. The standard InChI is InChI=1S/C9H6ClF3O2/c1-2-15-9(14)4-3-5(11)8(13)6(10)7(4)12/h3H,2H2,1H3. The van der Waals surface area contributed by atoms with Gasteiger partial charge in [0, 0.05) is 0 Å². The van der Waals surface area contributed by atoms with Gasteiger partial charge >= 0.3 is 5.97 Å². The molecule has 1 aromatic carbocycles. The van der Waals surface area contributed by atoms with E-state index in [9.17, 15) is 18.0 Å². The monoisotopic (exact) mass is 238 g/mol. The second-order valence-electron chi connectivity index (χ2n) is 2.57. The fourth-order valence-corrected chi connectivity index (χ4v) is 1.12. The molecule has 0 fully saturated rings. The van der Waals surface area contributed by atoms with E-state index in [4.69, 9.17) is 11.6 Å². The Balaban J connectivity index is 3.26. The molecule has 0 radical (unpaired) electrons. The summed E-state index contributed by atoms with van der Waals surface area (Å²) in [6.07, 6.45) is 0. The highest BCUT2D eigenvalue weighted by molar-refractivity contribution is 6.31. The van der Waals surface area contributed by atoms with E-state index in [0.717, 1.165) is 0 Å². The largest absolute Gasteiger partial charge is 0.462 e. The Labute approximate surface area is 88.6 Å². The van der Waals surface area contributed by atoms with Crippen LogP contribution in [0.2, 0.25) is 5.02 Å². The van der Waals surface area contributed by atoms with E-state index in [-0.39, 0.29) is 6.61 Å². The topological polar surface area (TPSA) is 26.3 Å². The Bertz CT molecular complexity index is 407. The van der Waals surface area contributed by atoms with Crippen LogP contribution in [-0.2, 0) is 4.74 Å². The van der Waals surface area contributed by atoms with Crippen molar-refractivity contribution in [3.63, 3.8) is 0 Å². The zero-order valence-corrected chi connectivity index (χ0v) is 8.37. The van der Waals surface area contributed by atoms with Crippen LogP contribution in [0.3, 0.4) is 0 Å². The van der Waals surface area contributed by atoms with Crippen LogP contribution in [0.1, 0.15) is 17.3 Å². The van der Waals surface area contributed by atoms with Crippen LogP contribution >= 0.6 is 11.6 Å². The van der Waals surface area contributed by atoms with Gasteiger partial charge in [0.1, 0.15) is 5.02 Å². The second kappa shape index (κ2) is 4.53. The third kappa shape index (κ3) is 2.23. The Morgan fingerprint density at radius 3 is 2.53 bits per heavy atom. The maximum atomic E-state index is 13.2. The van der Waals surface area contributed by atoms with Gasteiger partial charge in [0.2, 0.25) is 0 Å². The zero-order chi connectivity index (χ0) is 11.6. The predicted molar refractivity (Wildman–Crippen MR) is 47.3 cm³/mol. The van der Waals surface area contributed by atoms with Crippen molar-refractivity contribution in [2.24, 2.45) is 0 Å². The molecule has 0 atom stereocenters. The van der Waals surface area contributed by atoms with E-state index in [2.05, 4.69) is 4.74 Å². The first-order chi connectivity index (χ1) is 6.99. The van der Waals surface area contributed by atoms with Crippen molar-refractivity contribution in [2.45, 2.75) is 6.92 Å². The quantitative estimate of drug-likeness (QED) is 0.450. The number of ether oxygens (including phenoxy) is 1. The van der Waals surface area contributed by atoms with Crippen LogP contribution in [0.4, 0.5) is 13.2 Å². The minimum atomic E-state index is -1.53. The summed E-state index contributed by atoms with van der Waals surface area (Å²) in [4.78, 5) is 11.1. The number of carbonyl (C=O) groups excluding carboxylic acids is 1. The van der Waals surface area contributed by atoms with Gasteiger partial charge in [-0.15, -0.1) is 0 Å². The lowest BCUT2D eigenvalue weighted by atomic mass is 10.2. The Morgan fingerprint density at radius 1 is 1.40 bits per heavy atom. The summed E-state index contributed by atoms with van der Waals surface area (Å²) in [5.41, 5.74) is -0.722. The van der Waals surface area contributed by atoms with Crippen LogP contribution in [0.15, 0.2) is 6.07 Å². The minimum Gasteiger partial charge on any atom is -0.462 e. The number of rotatable bonds is 2. The molecule has 0 spiro atoms. The van der Waals surface area contributed by atoms with Gasteiger partial charge in [0.15, 0.2) is 17.5 Å². The van der Waals surface area contributed by atoms with Gasteiger partial charge in [-0.05, 0) is 13.0 Å². The molecule has 0 bridgehead atoms. The first kappa shape index (κ1) is 11.8. The lowest BCUT2D eigenvalue weighted by molar-refractivity contribution is 0.0520. The van der Waals surface area contributed by atoms with Crippen molar-refractivity contribution in [1.29, 1.82) is 0 Å². The number of hydrogen-bond donors (Lipinski definition) is 0. The first-order valence-corrected chi connectivity index (χ1v) is 4.37. The number of hydrogen-bond acceptors (Lipinski definition) is 2. The van der Waals surface area contributed by atoms with Crippen LogP contribution in [-0.4, -0.2) is 12.6 Å². The van der Waals surface area contributed by atoms with Gasteiger partial charge in [0.05, 0.1) is 12.2 Å². The molecule has 0 unspecified atom stereocenters. The second-order valence-corrected chi connectivity index (χ2v) is 2.95. The predicted octanol–water partition coefficient (Wildman–Crippen LogP) is 2.93. The first-order valence-electron chi connectivity index (χ1n) is 3.99. The van der Waals surface area contributed by atoms with Gasteiger partial charge in [0.25, 0.3) is 0 Å². The third-order valence-electron chi connectivity index (χ3n) is 1.60. The van der Waals surface area contributed by atoms with Crippen LogP contribution < -0.4 is 0 Å². The van der Waals surface area contributed by atoms with Gasteiger partial charge in [-0.2, -0.15) is 0 Å². The van der Waals surface area contributed by atoms with E-state index in [0.29, 0.717) is 6.07 Å². The summed E-state index contributed by atoms with van der Waals surface area (Å²) in [7, 11) is 0. The van der Waals surface area contributed by atoms with Crippen molar-refractivity contribution in [2.75, 3.05) is 6.61 Å². The van der Waals surface area contributed by atoms with E-state index in [1.807, 2.05) is 0 Å². The van der Waals surface area contributed by atoms with Crippen LogP contribution in [0, 0.1) is 17.5 Å². The van der Waals surface area contributed by atoms with E-state index in [1.54, 1.807) is 0 Å². The van der Waals surface area contributed by atoms with E-state index in [1.165, 1.54) is 6.92 Å². The maximum Gasteiger partial charge on any atom is 0.341 e. The molecule has 0 saturated heterocycles. The lowest BCUT2D eigenvalue weighted by Gasteiger charge is -2.05. The minimum absolute atomic E-state index is 0.00507. The molecule has 0 aliphatic carbocycles. The molecule has 1 aromatic rings. The van der Waals surface area contributed by atoms with E-state index < -0.39 is 34.0 Å². The van der Waals surface area contributed by atoms with Crippen molar-refractivity contribution >= 4 is 17.6 Å². The van der Waals surface area contributed by atoms with Gasteiger partial charge < -0.3 is 4.74 Å². The highest BCUT2D eigenvalue weighted by Gasteiger charge is 2.22. The van der Waals surface area contributed by atoms with Crippen LogP contribution in [0.25, 0.3) is 0 Å². The summed E-state index contributed by atoms with van der Waals surface area (Å²) >= 11 is 5.13. The average molecular weight is 239 g/mol. The van der Waals surface area contributed by atoms with Gasteiger partial charge in [-0.1, -0.05) is 11.6 Å². The van der Waals surface area contributed by atoms with Crippen molar-refractivity contribution in [3.8, 4) is 0 Å².